The molecule has 17 heavy (non-hydrogen) atoms. The van der Waals surface area contributed by atoms with E-state index in [1.807, 2.05) is 0 Å². The Morgan fingerprint density at radius 2 is 1.88 bits per heavy atom. The van der Waals surface area contributed by atoms with E-state index in [0.717, 1.165) is 12.8 Å². The van der Waals surface area contributed by atoms with Gasteiger partial charge in [-0.1, -0.05) is 25.0 Å². The van der Waals surface area contributed by atoms with Gasteiger partial charge in [0.05, 0.1) is 5.69 Å². The molecule has 0 radical (unpaired) electrons. The number of benzene rings is 1. The van der Waals surface area contributed by atoms with E-state index in [2.05, 4.69) is 4.72 Å². The van der Waals surface area contributed by atoms with Crippen LogP contribution >= 0.6 is 0 Å². The maximum Gasteiger partial charge on any atom is 0.242 e. The van der Waals surface area contributed by atoms with Gasteiger partial charge in [0, 0.05) is 6.54 Å². The van der Waals surface area contributed by atoms with Crippen LogP contribution in [0.2, 0.25) is 0 Å². The first-order chi connectivity index (χ1) is 8.09. The Bertz CT molecular complexity index is 479. The molecule has 4 nitrogen and oxygen atoms in total. The van der Waals surface area contributed by atoms with Crippen molar-refractivity contribution in [2.24, 2.45) is 5.92 Å². The molecule has 5 heteroatoms. The Morgan fingerprint density at radius 3 is 2.53 bits per heavy atom. The van der Waals surface area contributed by atoms with Gasteiger partial charge in [0.15, 0.2) is 0 Å². The smallest absolute Gasteiger partial charge is 0.242 e. The highest BCUT2D eigenvalue weighted by molar-refractivity contribution is 7.89. The monoisotopic (exact) mass is 254 g/mol. The van der Waals surface area contributed by atoms with E-state index >= 15 is 0 Å². The van der Waals surface area contributed by atoms with Gasteiger partial charge < -0.3 is 5.73 Å². The maximum absolute atomic E-state index is 12.0. The largest absolute Gasteiger partial charge is 0.398 e. The average Bonchev–Trinajstić information content (AvgIpc) is 2.80. The lowest BCUT2D eigenvalue weighted by Crippen LogP contribution is -2.29. The molecule has 0 aliphatic heterocycles. The van der Waals surface area contributed by atoms with E-state index in [0.29, 0.717) is 18.2 Å². The van der Waals surface area contributed by atoms with Crippen molar-refractivity contribution in [3.8, 4) is 0 Å². The number of nitrogen functional groups attached to an aromatic ring is 1. The molecule has 1 aromatic carbocycles. The summed E-state index contributed by atoms with van der Waals surface area (Å²) >= 11 is 0. The van der Waals surface area contributed by atoms with Crippen LogP contribution in [0.1, 0.15) is 25.7 Å². The highest BCUT2D eigenvalue weighted by atomic mass is 32.2. The third kappa shape index (κ3) is 2.98. The Kier molecular flexibility index (Phi) is 3.69. The third-order valence-corrected chi connectivity index (χ3v) is 4.74. The number of nitrogens with one attached hydrogen (secondary N) is 1. The van der Waals surface area contributed by atoms with Crippen molar-refractivity contribution >= 4 is 15.7 Å². The Labute approximate surface area is 102 Å². The molecule has 0 atom stereocenters. The zero-order chi connectivity index (χ0) is 12.3. The van der Waals surface area contributed by atoms with Crippen LogP contribution in [0.15, 0.2) is 29.2 Å². The molecule has 1 saturated carbocycles. The predicted molar refractivity (Wildman–Crippen MR) is 68.0 cm³/mol. The van der Waals surface area contributed by atoms with Crippen molar-refractivity contribution in [2.75, 3.05) is 12.3 Å². The molecule has 0 saturated heterocycles. The number of hydrogen-bond acceptors (Lipinski definition) is 3. The van der Waals surface area contributed by atoms with Crippen LogP contribution in [-0.2, 0) is 10.0 Å². The summed E-state index contributed by atoms with van der Waals surface area (Å²) in [5.74, 6) is 0.481. The summed E-state index contributed by atoms with van der Waals surface area (Å²) in [5.41, 5.74) is 5.97. The van der Waals surface area contributed by atoms with E-state index in [1.165, 1.54) is 18.9 Å². The fourth-order valence-electron chi connectivity index (χ4n) is 2.25. The third-order valence-electron chi connectivity index (χ3n) is 3.25. The van der Waals surface area contributed by atoms with Crippen LogP contribution in [0.5, 0.6) is 0 Å². The van der Waals surface area contributed by atoms with Crippen LogP contribution in [0, 0.1) is 5.92 Å². The Balaban J connectivity index is 2.06. The first-order valence-electron chi connectivity index (χ1n) is 5.94. The zero-order valence-electron chi connectivity index (χ0n) is 9.72. The fraction of sp³-hybridized carbons (Fsp3) is 0.500. The molecule has 94 valence electrons. The quantitative estimate of drug-likeness (QED) is 0.804. The summed E-state index contributed by atoms with van der Waals surface area (Å²) in [7, 11) is -3.45. The highest BCUT2D eigenvalue weighted by Gasteiger charge is 2.20. The van der Waals surface area contributed by atoms with E-state index in [9.17, 15) is 8.42 Å². The SMILES string of the molecule is Nc1ccccc1S(=O)(=O)NCC1CCCC1. The molecule has 1 fully saturated rings. The minimum atomic E-state index is -3.45. The van der Waals surface area contributed by atoms with Crippen molar-refractivity contribution in [1.82, 2.24) is 4.72 Å². The van der Waals surface area contributed by atoms with Gasteiger partial charge in [-0.15, -0.1) is 0 Å². The van der Waals surface area contributed by atoms with Crippen molar-refractivity contribution in [1.29, 1.82) is 0 Å². The van der Waals surface area contributed by atoms with Crippen molar-refractivity contribution in [2.45, 2.75) is 30.6 Å². The molecule has 1 aliphatic carbocycles. The lowest BCUT2D eigenvalue weighted by atomic mass is 10.1. The summed E-state index contributed by atoms with van der Waals surface area (Å²) in [6.45, 7) is 0.524. The molecule has 2 rings (SSSR count). The summed E-state index contributed by atoms with van der Waals surface area (Å²) < 4.78 is 26.7. The van der Waals surface area contributed by atoms with Gasteiger partial charge in [0.1, 0.15) is 4.90 Å². The number of anilines is 1. The molecule has 0 bridgehead atoms. The van der Waals surface area contributed by atoms with Crippen LogP contribution < -0.4 is 10.5 Å². The first kappa shape index (κ1) is 12.4. The molecule has 3 N–H and O–H groups in total. The van der Waals surface area contributed by atoms with Crippen LogP contribution in [-0.4, -0.2) is 15.0 Å². The van der Waals surface area contributed by atoms with E-state index in [1.54, 1.807) is 18.2 Å². The molecular weight excluding hydrogens is 236 g/mol. The number of rotatable bonds is 4. The van der Waals surface area contributed by atoms with Gasteiger partial charge >= 0.3 is 0 Å². The maximum atomic E-state index is 12.0. The van der Waals surface area contributed by atoms with E-state index in [-0.39, 0.29) is 4.90 Å². The molecule has 1 aliphatic rings. The zero-order valence-corrected chi connectivity index (χ0v) is 10.5. The second-order valence-electron chi connectivity index (χ2n) is 4.54. The summed E-state index contributed by atoms with van der Waals surface area (Å²) in [6.07, 6.45) is 4.65. The molecule has 0 unspecified atom stereocenters. The summed E-state index contributed by atoms with van der Waals surface area (Å²) in [6, 6.07) is 6.54. The van der Waals surface area contributed by atoms with Crippen LogP contribution in [0.3, 0.4) is 0 Å². The second-order valence-corrected chi connectivity index (χ2v) is 6.28. The fourth-order valence-corrected chi connectivity index (χ4v) is 3.49. The van der Waals surface area contributed by atoms with E-state index < -0.39 is 10.0 Å². The number of para-hydroxylation sites is 1. The lowest BCUT2D eigenvalue weighted by molar-refractivity contribution is 0.520. The number of sulfonamides is 1. The topological polar surface area (TPSA) is 72.2 Å². The highest BCUT2D eigenvalue weighted by Crippen LogP contribution is 2.24. The number of nitrogens with two attached hydrogens (primary N) is 1. The van der Waals surface area contributed by atoms with E-state index in [4.69, 9.17) is 5.73 Å². The number of hydrogen-bond donors (Lipinski definition) is 2. The van der Waals surface area contributed by atoms with Gasteiger partial charge in [-0.3, -0.25) is 0 Å². The molecule has 1 aromatic rings. The first-order valence-corrected chi connectivity index (χ1v) is 7.42. The van der Waals surface area contributed by atoms with Crippen LogP contribution in [0.25, 0.3) is 0 Å². The average molecular weight is 254 g/mol. The minimum Gasteiger partial charge on any atom is -0.398 e. The Morgan fingerprint density at radius 1 is 1.24 bits per heavy atom. The van der Waals surface area contributed by atoms with Crippen molar-refractivity contribution in [3.05, 3.63) is 24.3 Å². The Hall–Kier alpha value is -1.07. The van der Waals surface area contributed by atoms with Crippen LogP contribution in [0.4, 0.5) is 5.69 Å². The van der Waals surface area contributed by atoms with Crippen molar-refractivity contribution in [3.63, 3.8) is 0 Å². The molecular formula is C12H18N2O2S. The summed E-state index contributed by atoms with van der Waals surface area (Å²) in [5, 5.41) is 0. The molecule has 0 amide bonds. The van der Waals surface area contributed by atoms with Gasteiger partial charge in [0.25, 0.3) is 0 Å². The summed E-state index contributed by atoms with van der Waals surface area (Å²) in [4.78, 5) is 0.179. The van der Waals surface area contributed by atoms with Gasteiger partial charge in [0.2, 0.25) is 10.0 Å². The van der Waals surface area contributed by atoms with Gasteiger partial charge in [-0.2, -0.15) is 0 Å². The second kappa shape index (κ2) is 5.06. The normalized spacial score (nSPS) is 17.4. The van der Waals surface area contributed by atoms with Gasteiger partial charge in [-0.25, -0.2) is 13.1 Å². The minimum absolute atomic E-state index is 0.179. The van der Waals surface area contributed by atoms with Gasteiger partial charge in [-0.05, 0) is 30.9 Å². The van der Waals surface area contributed by atoms with Crippen molar-refractivity contribution < 1.29 is 8.42 Å². The molecule has 0 spiro atoms. The molecule has 0 heterocycles. The lowest BCUT2D eigenvalue weighted by Gasteiger charge is -2.12. The standard InChI is InChI=1S/C12H18N2O2S/c13-11-7-3-4-8-12(11)17(15,16)14-9-10-5-1-2-6-10/h3-4,7-8,10,14H,1-2,5-6,9,13H2. The molecule has 0 aromatic heterocycles. The predicted octanol–water partition coefficient (Wildman–Crippen LogP) is 1.74.